The van der Waals surface area contributed by atoms with E-state index in [1.807, 2.05) is 6.92 Å². The third kappa shape index (κ3) is 1.81. The van der Waals surface area contributed by atoms with Gasteiger partial charge in [-0.2, -0.15) is 0 Å². The largest absolute Gasteiger partial charge is 0.390 e. The molecule has 0 radical (unpaired) electrons. The lowest BCUT2D eigenvalue weighted by Crippen LogP contribution is -2.23. The Hall–Kier alpha value is -1.88. The smallest absolute Gasteiger partial charge is 0.254 e. The Morgan fingerprint density at radius 1 is 1.53 bits per heavy atom. The first kappa shape index (κ1) is 12.2. The molecule has 1 aromatic carbocycles. The van der Waals surface area contributed by atoms with E-state index in [2.05, 4.69) is 5.32 Å². The van der Waals surface area contributed by atoms with Gasteiger partial charge in [-0.05, 0) is 30.2 Å². The predicted octanol–water partition coefficient (Wildman–Crippen LogP) is 2.79. The van der Waals surface area contributed by atoms with Gasteiger partial charge in [0, 0.05) is 23.4 Å². The third-order valence-electron chi connectivity index (χ3n) is 3.26. The number of nitrogen functional groups attached to an aromatic ring is 1. The molecule has 2 aromatic rings. The van der Waals surface area contributed by atoms with E-state index in [-0.39, 0.29) is 11.7 Å². The van der Waals surface area contributed by atoms with Gasteiger partial charge in [0.25, 0.3) is 5.91 Å². The van der Waals surface area contributed by atoms with Crippen LogP contribution < -0.4 is 11.1 Å². The van der Waals surface area contributed by atoms with Gasteiger partial charge in [0.2, 0.25) is 0 Å². The summed E-state index contributed by atoms with van der Waals surface area (Å²) in [6.07, 6.45) is 0.650. The van der Waals surface area contributed by atoms with E-state index in [0.717, 1.165) is 21.6 Å². The molecule has 3 N–H and O–H groups in total. The number of benzene rings is 1. The summed E-state index contributed by atoms with van der Waals surface area (Å²) in [6, 6.07) is 4.68. The molecule has 1 aromatic heterocycles. The van der Waals surface area contributed by atoms with E-state index in [1.165, 1.54) is 23.5 Å². The lowest BCUT2D eigenvalue weighted by Gasteiger charge is -2.06. The Labute approximate surface area is 114 Å². The molecule has 98 valence electrons. The van der Waals surface area contributed by atoms with Gasteiger partial charge in [-0.15, -0.1) is 11.3 Å². The zero-order valence-corrected chi connectivity index (χ0v) is 11.2. The van der Waals surface area contributed by atoms with Crippen molar-refractivity contribution in [2.24, 2.45) is 0 Å². The second-order valence-electron chi connectivity index (χ2n) is 4.48. The number of anilines is 1. The molecule has 0 bridgehead atoms. The van der Waals surface area contributed by atoms with Crippen molar-refractivity contribution in [1.82, 2.24) is 5.32 Å². The second-order valence-corrected chi connectivity index (χ2v) is 5.61. The number of rotatable bonds is 2. The quantitative estimate of drug-likeness (QED) is 0.756. The van der Waals surface area contributed by atoms with E-state index in [0.29, 0.717) is 23.5 Å². The highest BCUT2D eigenvalue weighted by Gasteiger charge is 2.29. The van der Waals surface area contributed by atoms with E-state index in [4.69, 9.17) is 5.73 Å². The monoisotopic (exact) mass is 276 g/mol. The van der Waals surface area contributed by atoms with Gasteiger partial charge in [0.05, 0.1) is 10.6 Å². The van der Waals surface area contributed by atoms with Crippen LogP contribution in [-0.2, 0) is 6.42 Å². The molecule has 0 fully saturated rings. The molecule has 0 aliphatic heterocycles. The van der Waals surface area contributed by atoms with Gasteiger partial charge >= 0.3 is 0 Å². The predicted molar refractivity (Wildman–Crippen MR) is 74.9 cm³/mol. The standard InChI is InChI=1S/C14H13FN2OS/c1-2-17-14(18)12-11-9-4-3-8(15)5-7(9)6-10(11)19-13(12)16/h3-5H,2,6,16H2,1H3,(H,17,18). The SMILES string of the molecule is CCNC(=O)c1c(N)sc2c1-c1ccc(F)cc1C2. The van der Waals surface area contributed by atoms with Crippen molar-refractivity contribution in [3.63, 3.8) is 0 Å². The van der Waals surface area contributed by atoms with Gasteiger partial charge in [-0.3, -0.25) is 4.79 Å². The van der Waals surface area contributed by atoms with Gasteiger partial charge in [0.15, 0.2) is 0 Å². The summed E-state index contributed by atoms with van der Waals surface area (Å²) in [6.45, 7) is 2.42. The minimum absolute atomic E-state index is 0.158. The fraction of sp³-hybridized carbons (Fsp3) is 0.214. The molecule has 0 saturated heterocycles. The van der Waals surface area contributed by atoms with Gasteiger partial charge in [-0.1, -0.05) is 6.07 Å². The number of halogens is 1. The van der Waals surface area contributed by atoms with Crippen molar-refractivity contribution >= 4 is 22.2 Å². The summed E-state index contributed by atoms with van der Waals surface area (Å²) in [4.78, 5) is 13.1. The van der Waals surface area contributed by atoms with Crippen molar-refractivity contribution in [2.45, 2.75) is 13.3 Å². The number of hydrogen-bond donors (Lipinski definition) is 2. The first-order valence-electron chi connectivity index (χ1n) is 6.10. The van der Waals surface area contributed by atoms with Crippen molar-refractivity contribution in [2.75, 3.05) is 12.3 Å². The number of thiophene rings is 1. The van der Waals surface area contributed by atoms with Gasteiger partial charge < -0.3 is 11.1 Å². The first-order chi connectivity index (χ1) is 9.11. The Bertz CT molecular complexity index is 678. The summed E-state index contributed by atoms with van der Waals surface area (Å²) < 4.78 is 13.2. The molecule has 3 nitrogen and oxygen atoms in total. The second kappa shape index (κ2) is 4.35. The van der Waals surface area contributed by atoms with Crippen molar-refractivity contribution < 1.29 is 9.18 Å². The summed E-state index contributed by atoms with van der Waals surface area (Å²) in [7, 11) is 0. The average Bonchev–Trinajstić information content (AvgIpc) is 2.82. The van der Waals surface area contributed by atoms with Crippen molar-refractivity contribution in [3.05, 3.63) is 40.0 Å². The summed E-state index contributed by atoms with van der Waals surface area (Å²) in [5.74, 6) is -0.406. The number of nitrogens with two attached hydrogens (primary N) is 1. The number of fused-ring (bicyclic) bond motifs is 3. The minimum Gasteiger partial charge on any atom is -0.390 e. The van der Waals surface area contributed by atoms with Crippen LogP contribution in [0.5, 0.6) is 0 Å². The Morgan fingerprint density at radius 2 is 2.32 bits per heavy atom. The molecule has 0 saturated carbocycles. The Morgan fingerprint density at radius 3 is 3.05 bits per heavy atom. The van der Waals surface area contributed by atoms with Crippen LogP contribution in [0.3, 0.4) is 0 Å². The number of nitrogens with one attached hydrogen (secondary N) is 1. The Balaban J connectivity index is 2.17. The molecule has 5 heteroatoms. The van der Waals surface area contributed by atoms with E-state index in [1.54, 1.807) is 6.07 Å². The number of hydrogen-bond acceptors (Lipinski definition) is 3. The summed E-state index contributed by atoms with van der Waals surface area (Å²) in [5, 5.41) is 3.31. The fourth-order valence-corrected chi connectivity index (χ4v) is 3.61. The molecule has 0 spiro atoms. The maximum atomic E-state index is 13.2. The molecule has 0 unspecified atom stereocenters. The highest BCUT2D eigenvalue weighted by Crippen LogP contribution is 2.46. The molecule has 19 heavy (non-hydrogen) atoms. The van der Waals surface area contributed by atoms with Crippen LogP contribution in [0.25, 0.3) is 11.1 Å². The lowest BCUT2D eigenvalue weighted by molar-refractivity contribution is 0.0957. The first-order valence-corrected chi connectivity index (χ1v) is 6.91. The van der Waals surface area contributed by atoms with Crippen LogP contribution in [0.4, 0.5) is 9.39 Å². The maximum Gasteiger partial charge on any atom is 0.254 e. The van der Waals surface area contributed by atoms with Crippen LogP contribution in [0.2, 0.25) is 0 Å². The molecule has 1 aliphatic carbocycles. The highest BCUT2D eigenvalue weighted by atomic mass is 32.1. The Kier molecular flexibility index (Phi) is 2.78. The maximum absolute atomic E-state index is 13.2. The highest BCUT2D eigenvalue weighted by molar-refractivity contribution is 7.17. The zero-order chi connectivity index (χ0) is 13.6. The van der Waals surface area contributed by atoms with E-state index < -0.39 is 0 Å². The van der Waals surface area contributed by atoms with Crippen molar-refractivity contribution in [3.8, 4) is 11.1 Å². The van der Waals surface area contributed by atoms with E-state index in [9.17, 15) is 9.18 Å². The van der Waals surface area contributed by atoms with Crippen LogP contribution in [0.1, 0.15) is 27.7 Å². The molecule has 0 atom stereocenters. The molecular weight excluding hydrogens is 263 g/mol. The number of carbonyl (C=O) groups excluding carboxylic acids is 1. The normalized spacial score (nSPS) is 12.1. The van der Waals surface area contributed by atoms with Crippen molar-refractivity contribution in [1.29, 1.82) is 0 Å². The van der Waals surface area contributed by atoms with E-state index >= 15 is 0 Å². The molecular formula is C14H13FN2OS. The molecule has 1 heterocycles. The lowest BCUT2D eigenvalue weighted by atomic mass is 10.0. The van der Waals surface area contributed by atoms with Crippen LogP contribution in [-0.4, -0.2) is 12.5 Å². The van der Waals surface area contributed by atoms with Crippen LogP contribution in [0, 0.1) is 5.82 Å². The number of carbonyl (C=O) groups is 1. The van der Waals surface area contributed by atoms with Gasteiger partial charge in [0.1, 0.15) is 5.82 Å². The fourth-order valence-electron chi connectivity index (χ4n) is 2.51. The molecule has 3 rings (SSSR count). The van der Waals surface area contributed by atoms with Crippen LogP contribution in [0.15, 0.2) is 18.2 Å². The summed E-state index contributed by atoms with van der Waals surface area (Å²) in [5.41, 5.74) is 9.21. The van der Waals surface area contributed by atoms with Gasteiger partial charge in [-0.25, -0.2) is 4.39 Å². The molecule has 1 amide bonds. The van der Waals surface area contributed by atoms with Crippen LogP contribution >= 0.6 is 11.3 Å². The average molecular weight is 276 g/mol. The topological polar surface area (TPSA) is 55.1 Å². The minimum atomic E-state index is -0.249. The molecule has 1 aliphatic rings. The zero-order valence-electron chi connectivity index (χ0n) is 10.4. The number of amides is 1. The summed E-state index contributed by atoms with van der Waals surface area (Å²) >= 11 is 1.41. The third-order valence-corrected chi connectivity index (χ3v) is 4.28.